The Morgan fingerprint density at radius 1 is 1.13 bits per heavy atom. The van der Waals surface area contributed by atoms with E-state index in [-0.39, 0.29) is 18.1 Å². The third-order valence-electron chi connectivity index (χ3n) is 5.15. The summed E-state index contributed by atoms with van der Waals surface area (Å²) in [5.74, 6) is 0.527. The lowest BCUT2D eigenvalue weighted by atomic mass is 9.94. The van der Waals surface area contributed by atoms with Crippen LogP contribution in [0.5, 0.6) is 0 Å². The summed E-state index contributed by atoms with van der Waals surface area (Å²) in [7, 11) is 0. The Bertz CT molecular complexity index is 422. The third-order valence-corrected chi connectivity index (χ3v) is 5.15. The maximum atomic E-state index is 12.8. The zero-order chi connectivity index (χ0) is 16.2. The number of nitrogens with zero attached hydrogens (tertiary/aromatic N) is 2. The summed E-state index contributed by atoms with van der Waals surface area (Å²) in [6.45, 7) is 8.60. The van der Waals surface area contributed by atoms with Crippen LogP contribution < -0.4 is 0 Å². The molecule has 0 radical (unpaired) electrons. The number of likely N-dealkylation sites (tertiary alicyclic amines) is 1. The number of carbonyl (C=O) groups excluding carboxylic acids is 1. The molecule has 0 unspecified atom stereocenters. The van der Waals surface area contributed by atoms with E-state index in [1.807, 2.05) is 11.2 Å². The molecule has 0 aromatic carbocycles. The van der Waals surface area contributed by atoms with E-state index in [9.17, 15) is 4.79 Å². The highest BCUT2D eigenvalue weighted by Crippen LogP contribution is 2.23. The zero-order valence-electron chi connectivity index (χ0n) is 14.4. The first-order valence-corrected chi connectivity index (χ1v) is 9.09. The van der Waals surface area contributed by atoms with Crippen molar-refractivity contribution < 1.29 is 14.3 Å². The summed E-state index contributed by atoms with van der Waals surface area (Å²) in [6, 6.07) is 0. The van der Waals surface area contributed by atoms with Gasteiger partial charge in [-0.1, -0.05) is 0 Å². The van der Waals surface area contributed by atoms with E-state index >= 15 is 0 Å². The third kappa shape index (κ3) is 4.48. The molecule has 0 spiro atoms. The van der Waals surface area contributed by atoms with Crippen LogP contribution in [0.4, 0.5) is 0 Å². The number of carbonyl (C=O) groups is 1. The molecule has 1 amide bonds. The fourth-order valence-electron chi connectivity index (χ4n) is 3.99. The predicted octanol–water partition coefficient (Wildman–Crippen LogP) is 2.03. The van der Waals surface area contributed by atoms with Crippen LogP contribution in [0.15, 0.2) is 12.3 Å². The Labute approximate surface area is 139 Å². The van der Waals surface area contributed by atoms with Gasteiger partial charge in [-0.25, -0.2) is 0 Å². The fraction of sp³-hybridized carbons (Fsp3) is 0.833. The van der Waals surface area contributed by atoms with Crippen LogP contribution in [-0.2, 0) is 14.3 Å². The number of piperidine rings is 1. The lowest BCUT2D eigenvalue weighted by molar-refractivity contribution is -0.149. The van der Waals surface area contributed by atoms with E-state index < -0.39 is 0 Å². The van der Waals surface area contributed by atoms with E-state index in [1.54, 1.807) is 0 Å². The Kier molecular flexibility index (Phi) is 5.59. The first-order valence-electron chi connectivity index (χ1n) is 9.09. The molecule has 0 aromatic heterocycles. The van der Waals surface area contributed by atoms with E-state index in [1.165, 1.54) is 0 Å². The second kappa shape index (κ2) is 7.67. The van der Waals surface area contributed by atoms with Gasteiger partial charge < -0.3 is 14.4 Å². The molecule has 2 fully saturated rings. The molecule has 0 aliphatic carbocycles. The molecule has 0 N–H and O–H groups in total. The van der Waals surface area contributed by atoms with Gasteiger partial charge in [-0.05, 0) is 58.7 Å². The summed E-state index contributed by atoms with van der Waals surface area (Å²) >= 11 is 0. The molecule has 23 heavy (non-hydrogen) atoms. The predicted molar refractivity (Wildman–Crippen MR) is 89.0 cm³/mol. The second-order valence-electron chi connectivity index (χ2n) is 7.28. The van der Waals surface area contributed by atoms with Crippen LogP contribution in [0.25, 0.3) is 0 Å². The van der Waals surface area contributed by atoms with Gasteiger partial charge in [0.25, 0.3) is 0 Å². The highest BCUT2D eigenvalue weighted by Gasteiger charge is 2.33. The minimum atomic E-state index is 0.152. The number of ether oxygens (including phenoxy) is 2. The van der Waals surface area contributed by atoms with Crippen LogP contribution >= 0.6 is 0 Å². The molecule has 3 aliphatic rings. The van der Waals surface area contributed by atoms with Crippen molar-refractivity contribution in [1.82, 2.24) is 9.80 Å². The highest BCUT2D eigenvalue weighted by molar-refractivity contribution is 5.79. The lowest BCUT2D eigenvalue weighted by Gasteiger charge is -2.39. The number of allylic oxidation sites excluding steroid dienone is 1. The Hall–Kier alpha value is -1.07. The van der Waals surface area contributed by atoms with Gasteiger partial charge in [0.1, 0.15) is 6.10 Å². The Morgan fingerprint density at radius 3 is 2.43 bits per heavy atom. The summed E-state index contributed by atoms with van der Waals surface area (Å²) < 4.78 is 11.4. The average molecular weight is 322 g/mol. The number of hydrogen-bond donors (Lipinski definition) is 0. The molecule has 0 aromatic rings. The highest BCUT2D eigenvalue weighted by atomic mass is 16.5. The first-order chi connectivity index (χ1) is 11.1. The van der Waals surface area contributed by atoms with Crippen LogP contribution in [0.3, 0.4) is 0 Å². The minimum absolute atomic E-state index is 0.152. The lowest BCUT2D eigenvalue weighted by Crippen LogP contribution is -2.51. The molecule has 130 valence electrons. The maximum Gasteiger partial charge on any atom is 0.225 e. The van der Waals surface area contributed by atoms with E-state index in [0.717, 1.165) is 58.4 Å². The number of morpholine rings is 1. The van der Waals surface area contributed by atoms with Crippen molar-refractivity contribution in [2.24, 2.45) is 5.92 Å². The van der Waals surface area contributed by atoms with Gasteiger partial charge in [0.15, 0.2) is 0 Å². The Balaban J connectivity index is 1.44. The molecule has 3 heterocycles. The van der Waals surface area contributed by atoms with Gasteiger partial charge >= 0.3 is 0 Å². The Morgan fingerprint density at radius 2 is 1.83 bits per heavy atom. The number of hydrogen-bond acceptors (Lipinski definition) is 4. The largest absolute Gasteiger partial charge is 0.497 e. The molecule has 2 saturated heterocycles. The van der Waals surface area contributed by atoms with Crippen molar-refractivity contribution >= 4 is 5.91 Å². The summed E-state index contributed by atoms with van der Waals surface area (Å²) in [5.41, 5.74) is 0. The second-order valence-corrected chi connectivity index (χ2v) is 7.28. The van der Waals surface area contributed by atoms with Crippen molar-refractivity contribution in [2.75, 3.05) is 32.7 Å². The quantitative estimate of drug-likeness (QED) is 0.797. The molecule has 0 bridgehead atoms. The average Bonchev–Trinajstić information content (AvgIpc) is 2.55. The van der Waals surface area contributed by atoms with Gasteiger partial charge in [0.05, 0.1) is 18.5 Å². The molecule has 5 nitrogen and oxygen atoms in total. The molecule has 3 rings (SSSR count). The van der Waals surface area contributed by atoms with Crippen molar-refractivity contribution in [3.8, 4) is 0 Å². The van der Waals surface area contributed by atoms with Gasteiger partial charge in [-0.15, -0.1) is 0 Å². The molecule has 0 saturated carbocycles. The van der Waals surface area contributed by atoms with Gasteiger partial charge in [-0.3, -0.25) is 9.69 Å². The van der Waals surface area contributed by atoms with Crippen LogP contribution in [-0.4, -0.2) is 66.7 Å². The molecular weight excluding hydrogens is 292 g/mol. The molecule has 3 aliphatic heterocycles. The number of amides is 1. The summed E-state index contributed by atoms with van der Waals surface area (Å²) in [4.78, 5) is 17.2. The van der Waals surface area contributed by atoms with Gasteiger partial charge in [-0.2, -0.15) is 0 Å². The maximum absolute atomic E-state index is 12.8. The topological polar surface area (TPSA) is 42.0 Å². The normalized spacial score (nSPS) is 33.5. The minimum Gasteiger partial charge on any atom is -0.497 e. The fourth-order valence-corrected chi connectivity index (χ4v) is 3.99. The smallest absolute Gasteiger partial charge is 0.225 e. The SMILES string of the molecule is C[C@@H]1CN(C(=O)C2CCN(C[C@H]3CCC=CO3)CC2)C[C@H](C)O1. The van der Waals surface area contributed by atoms with Crippen LogP contribution in [0, 0.1) is 5.92 Å². The van der Waals surface area contributed by atoms with Crippen LogP contribution in [0.2, 0.25) is 0 Å². The van der Waals surface area contributed by atoms with Crippen LogP contribution in [0.1, 0.15) is 39.5 Å². The summed E-state index contributed by atoms with van der Waals surface area (Å²) in [6.07, 6.45) is 8.73. The van der Waals surface area contributed by atoms with Crippen molar-refractivity contribution in [3.63, 3.8) is 0 Å². The van der Waals surface area contributed by atoms with Gasteiger partial charge in [0.2, 0.25) is 5.91 Å². The first kappa shape index (κ1) is 16.8. The van der Waals surface area contributed by atoms with E-state index in [0.29, 0.717) is 12.0 Å². The molecular formula is C18H30N2O3. The van der Waals surface area contributed by atoms with Crippen molar-refractivity contribution in [1.29, 1.82) is 0 Å². The monoisotopic (exact) mass is 322 g/mol. The van der Waals surface area contributed by atoms with Crippen molar-refractivity contribution in [2.45, 2.75) is 57.8 Å². The molecule has 5 heteroatoms. The molecule has 3 atom stereocenters. The van der Waals surface area contributed by atoms with Gasteiger partial charge in [0, 0.05) is 25.6 Å². The standard InChI is InChI=1S/C18H30N2O3/c1-14-11-20(12-15(2)23-14)18(21)16-6-8-19(9-7-16)13-17-5-3-4-10-22-17/h4,10,14-17H,3,5-9,11-13H2,1-2H3/t14-,15+,17-/m1/s1. The summed E-state index contributed by atoms with van der Waals surface area (Å²) in [5, 5.41) is 0. The van der Waals surface area contributed by atoms with Crippen molar-refractivity contribution in [3.05, 3.63) is 12.3 Å². The zero-order valence-corrected chi connectivity index (χ0v) is 14.4. The number of rotatable bonds is 3. The van der Waals surface area contributed by atoms with E-state index in [4.69, 9.17) is 9.47 Å². The van der Waals surface area contributed by atoms with E-state index in [2.05, 4.69) is 24.8 Å².